The number of sulfonamides is 1. The van der Waals surface area contributed by atoms with E-state index in [0.29, 0.717) is 19.4 Å². The van der Waals surface area contributed by atoms with Crippen molar-refractivity contribution in [1.82, 2.24) is 9.62 Å². The highest BCUT2D eigenvalue weighted by Crippen LogP contribution is 2.18. The normalized spacial score (nSPS) is 21.7. The van der Waals surface area contributed by atoms with E-state index in [1.54, 1.807) is 0 Å². The van der Waals surface area contributed by atoms with Crippen LogP contribution in [0.4, 0.5) is 0 Å². The molecule has 1 aliphatic heterocycles. The number of piperidine rings is 1. The Labute approximate surface area is 124 Å². The van der Waals surface area contributed by atoms with E-state index in [-0.39, 0.29) is 25.4 Å². The number of carboxylic acids is 1. The lowest BCUT2D eigenvalue weighted by atomic mass is 9.99. The van der Waals surface area contributed by atoms with E-state index in [1.807, 2.05) is 0 Å². The first-order chi connectivity index (χ1) is 9.74. The van der Waals surface area contributed by atoms with E-state index in [4.69, 9.17) is 9.84 Å². The van der Waals surface area contributed by atoms with Crippen molar-refractivity contribution in [3.8, 4) is 0 Å². The monoisotopic (exact) mass is 322 g/mol. The second-order valence-corrected chi connectivity index (χ2v) is 7.14. The van der Waals surface area contributed by atoms with E-state index >= 15 is 0 Å². The second kappa shape index (κ2) is 7.71. The van der Waals surface area contributed by atoms with Crippen LogP contribution in [0.5, 0.6) is 0 Å². The minimum atomic E-state index is -3.29. The molecule has 0 aliphatic carbocycles. The predicted octanol–water partition coefficient (Wildman–Crippen LogP) is -0.736. The number of carboxylic acid groups (broad SMARTS) is 1. The highest BCUT2D eigenvalue weighted by molar-refractivity contribution is 7.88. The van der Waals surface area contributed by atoms with Crippen LogP contribution in [-0.4, -0.2) is 68.8 Å². The molecule has 0 radical (unpaired) electrons. The summed E-state index contributed by atoms with van der Waals surface area (Å²) in [6.07, 6.45) is 1.58. The maximum atomic E-state index is 12.0. The van der Waals surface area contributed by atoms with Gasteiger partial charge in [0, 0.05) is 26.7 Å². The van der Waals surface area contributed by atoms with Crippen LogP contribution in [0.2, 0.25) is 0 Å². The van der Waals surface area contributed by atoms with Gasteiger partial charge in [-0.15, -0.1) is 0 Å². The van der Waals surface area contributed by atoms with E-state index in [9.17, 15) is 18.0 Å². The van der Waals surface area contributed by atoms with Crippen molar-refractivity contribution >= 4 is 21.9 Å². The zero-order valence-electron chi connectivity index (χ0n) is 12.2. The molecule has 0 aromatic carbocycles. The Morgan fingerprint density at radius 1 is 1.48 bits per heavy atom. The highest BCUT2D eigenvalue weighted by Gasteiger charge is 2.30. The Kier molecular flexibility index (Phi) is 6.56. The van der Waals surface area contributed by atoms with Crippen molar-refractivity contribution in [3.63, 3.8) is 0 Å². The van der Waals surface area contributed by atoms with Crippen LogP contribution in [0.25, 0.3) is 0 Å². The summed E-state index contributed by atoms with van der Waals surface area (Å²) >= 11 is 0. The fourth-order valence-electron chi connectivity index (χ4n) is 2.25. The molecule has 8 nitrogen and oxygen atoms in total. The van der Waals surface area contributed by atoms with Gasteiger partial charge in [0.05, 0.1) is 24.7 Å². The maximum absolute atomic E-state index is 12.0. The predicted molar refractivity (Wildman–Crippen MR) is 75.2 cm³/mol. The molecule has 21 heavy (non-hydrogen) atoms. The van der Waals surface area contributed by atoms with Crippen LogP contribution < -0.4 is 5.32 Å². The van der Waals surface area contributed by atoms with Gasteiger partial charge in [0.15, 0.2) is 0 Å². The molecule has 9 heteroatoms. The number of rotatable bonds is 7. The van der Waals surface area contributed by atoms with Crippen LogP contribution in [0.3, 0.4) is 0 Å². The number of amides is 1. The van der Waals surface area contributed by atoms with E-state index in [2.05, 4.69) is 5.32 Å². The first-order valence-corrected chi connectivity index (χ1v) is 8.56. The Balaban J connectivity index is 2.49. The minimum Gasteiger partial charge on any atom is -0.481 e. The lowest BCUT2D eigenvalue weighted by molar-refractivity contribution is -0.140. The van der Waals surface area contributed by atoms with Crippen molar-refractivity contribution in [2.75, 3.05) is 33.0 Å². The first kappa shape index (κ1) is 17.9. The van der Waals surface area contributed by atoms with Gasteiger partial charge in [-0.2, -0.15) is 0 Å². The zero-order valence-corrected chi connectivity index (χ0v) is 13.1. The Morgan fingerprint density at radius 2 is 2.14 bits per heavy atom. The molecule has 1 fully saturated rings. The molecule has 1 heterocycles. The Hall–Kier alpha value is -1.19. The van der Waals surface area contributed by atoms with Crippen LogP contribution in [0, 0.1) is 5.92 Å². The lowest BCUT2D eigenvalue weighted by Crippen LogP contribution is -2.46. The van der Waals surface area contributed by atoms with Crippen molar-refractivity contribution < 1.29 is 27.9 Å². The molecule has 2 unspecified atom stereocenters. The van der Waals surface area contributed by atoms with Gasteiger partial charge < -0.3 is 15.2 Å². The second-order valence-electron chi connectivity index (χ2n) is 5.16. The van der Waals surface area contributed by atoms with Crippen molar-refractivity contribution in [3.05, 3.63) is 0 Å². The van der Waals surface area contributed by atoms with Gasteiger partial charge in [-0.05, 0) is 12.8 Å². The number of hydrogen-bond acceptors (Lipinski definition) is 5. The fraction of sp³-hybridized carbons (Fsp3) is 0.833. The number of hydrogen-bond donors (Lipinski definition) is 2. The fourth-order valence-corrected chi connectivity index (χ4v) is 3.16. The summed E-state index contributed by atoms with van der Waals surface area (Å²) < 4.78 is 29.3. The van der Waals surface area contributed by atoms with E-state index < -0.39 is 28.0 Å². The van der Waals surface area contributed by atoms with E-state index in [1.165, 1.54) is 11.4 Å². The summed E-state index contributed by atoms with van der Waals surface area (Å²) in [6.45, 7) is 0.695. The maximum Gasteiger partial charge on any atom is 0.306 e. The average Bonchev–Trinajstić information content (AvgIpc) is 2.41. The lowest BCUT2D eigenvalue weighted by Gasteiger charge is -2.30. The third-order valence-corrected chi connectivity index (χ3v) is 4.73. The Bertz CT molecular complexity index is 478. The summed E-state index contributed by atoms with van der Waals surface area (Å²) in [5, 5.41) is 11.3. The third-order valence-electron chi connectivity index (χ3n) is 3.46. The number of carbonyl (C=O) groups excluding carboxylic acids is 1. The summed E-state index contributed by atoms with van der Waals surface area (Å²) in [7, 11) is -1.91. The molecule has 0 aromatic heterocycles. The highest BCUT2D eigenvalue weighted by atomic mass is 32.2. The van der Waals surface area contributed by atoms with Gasteiger partial charge in [-0.1, -0.05) is 0 Å². The van der Waals surface area contributed by atoms with E-state index in [0.717, 1.165) is 6.26 Å². The molecule has 0 aromatic rings. The number of ether oxygens (including phenoxy) is 1. The van der Waals surface area contributed by atoms with Crippen LogP contribution in [-0.2, 0) is 24.3 Å². The van der Waals surface area contributed by atoms with Gasteiger partial charge in [0.1, 0.15) is 0 Å². The van der Waals surface area contributed by atoms with Gasteiger partial charge in [-0.3, -0.25) is 9.59 Å². The molecule has 1 saturated heterocycles. The number of carbonyl (C=O) groups is 2. The summed E-state index contributed by atoms with van der Waals surface area (Å²) in [5.41, 5.74) is 0. The molecule has 1 aliphatic rings. The molecule has 2 atom stereocenters. The molecule has 0 saturated carbocycles. The molecular formula is C12H22N2O6S. The third kappa shape index (κ3) is 5.98. The van der Waals surface area contributed by atoms with Crippen LogP contribution >= 0.6 is 0 Å². The van der Waals surface area contributed by atoms with Gasteiger partial charge in [0.25, 0.3) is 0 Å². The summed E-state index contributed by atoms with van der Waals surface area (Å²) in [6, 6.07) is 0. The van der Waals surface area contributed by atoms with Crippen molar-refractivity contribution in [1.29, 1.82) is 0 Å². The van der Waals surface area contributed by atoms with Crippen molar-refractivity contribution in [2.24, 2.45) is 5.92 Å². The van der Waals surface area contributed by atoms with Crippen LogP contribution in [0.1, 0.15) is 19.3 Å². The molecule has 122 valence electrons. The van der Waals surface area contributed by atoms with Gasteiger partial charge >= 0.3 is 5.97 Å². The average molecular weight is 322 g/mol. The molecule has 0 spiro atoms. The Morgan fingerprint density at radius 3 is 2.67 bits per heavy atom. The minimum absolute atomic E-state index is 0.0943. The number of aliphatic carboxylic acids is 1. The summed E-state index contributed by atoms with van der Waals surface area (Å²) in [5.74, 6) is -1.68. The smallest absolute Gasteiger partial charge is 0.306 e. The standard InChI is InChI=1S/C12H22N2O6S/c1-20-10(6-11(15)16)7-13-12(17)9-4-3-5-14(8-9)21(2,18)19/h9-10H,3-8H2,1-2H3,(H,13,17)(H,15,16). The molecular weight excluding hydrogens is 300 g/mol. The number of nitrogens with zero attached hydrogens (tertiary/aromatic N) is 1. The largest absolute Gasteiger partial charge is 0.481 e. The van der Waals surface area contributed by atoms with Gasteiger partial charge in [-0.25, -0.2) is 12.7 Å². The van der Waals surface area contributed by atoms with Crippen LogP contribution in [0.15, 0.2) is 0 Å². The number of nitrogens with one attached hydrogen (secondary N) is 1. The zero-order chi connectivity index (χ0) is 16.0. The number of methoxy groups -OCH3 is 1. The molecule has 0 bridgehead atoms. The topological polar surface area (TPSA) is 113 Å². The molecule has 2 N–H and O–H groups in total. The molecule has 1 rings (SSSR count). The quantitative estimate of drug-likeness (QED) is 0.638. The SMILES string of the molecule is COC(CNC(=O)C1CCCN(S(C)(=O)=O)C1)CC(=O)O. The summed E-state index contributed by atoms with van der Waals surface area (Å²) in [4.78, 5) is 22.6. The van der Waals surface area contributed by atoms with Crippen molar-refractivity contribution in [2.45, 2.75) is 25.4 Å². The molecule has 1 amide bonds. The van der Waals surface area contributed by atoms with Gasteiger partial charge in [0.2, 0.25) is 15.9 Å². The first-order valence-electron chi connectivity index (χ1n) is 6.71.